The molecular formula is C13H17F3N2O2. The van der Waals surface area contributed by atoms with Crippen LogP contribution in [0.15, 0.2) is 24.3 Å². The number of nitrogens with one attached hydrogen (secondary N) is 2. The number of rotatable bonds is 6. The Labute approximate surface area is 115 Å². The molecule has 1 aromatic rings. The van der Waals surface area contributed by atoms with Gasteiger partial charge in [-0.15, -0.1) is 0 Å². The zero-order valence-electron chi connectivity index (χ0n) is 11.3. The Morgan fingerprint density at radius 3 is 2.70 bits per heavy atom. The second-order valence-corrected chi connectivity index (χ2v) is 4.23. The molecule has 1 atom stereocenters. The third-order valence-corrected chi connectivity index (χ3v) is 2.57. The van der Waals surface area contributed by atoms with E-state index in [-0.39, 0.29) is 11.6 Å². The van der Waals surface area contributed by atoms with Crippen molar-refractivity contribution < 1.29 is 22.7 Å². The molecule has 0 aliphatic rings. The summed E-state index contributed by atoms with van der Waals surface area (Å²) in [6.45, 7) is 2.30. The Kier molecular flexibility index (Phi) is 5.82. The second-order valence-electron chi connectivity index (χ2n) is 4.23. The van der Waals surface area contributed by atoms with Crippen LogP contribution in [0, 0.1) is 0 Å². The Morgan fingerprint density at radius 1 is 1.40 bits per heavy atom. The van der Waals surface area contributed by atoms with Crippen molar-refractivity contribution in [2.75, 3.05) is 25.6 Å². The number of hydrogen-bond acceptors (Lipinski definition) is 3. The molecule has 1 amide bonds. The van der Waals surface area contributed by atoms with Crippen LogP contribution in [0.25, 0.3) is 0 Å². The van der Waals surface area contributed by atoms with Gasteiger partial charge in [0.15, 0.2) is 0 Å². The van der Waals surface area contributed by atoms with Gasteiger partial charge in [-0.1, -0.05) is 6.07 Å². The zero-order chi connectivity index (χ0) is 15.2. The van der Waals surface area contributed by atoms with Crippen LogP contribution in [-0.2, 0) is 15.7 Å². The molecule has 1 rings (SSSR count). The van der Waals surface area contributed by atoms with Crippen molar-refractivity contribution >= 4 is 11.6 Å². The van der Waals surface area contributed by atoms with Crippen LogP contribution in [-0.4, -0.2) is 32.2 Å². The normalized spacial score (nSPS) is 12.8. The molecule has 0 radical (unpaired) electrons. The third kappa shape index (κ3) is 5.08. The van der Waals surface area contributed by atoms with Gasteiger partial charge in [0.1, 0.15) is 6.04 Å². The van der Waals surface area contributed by atoms with Crippen LogP contribution in [0.2, 0.25) is 0 Å². The molecule has 0 heterocycles. The van der Waals surface area contributed by atoms with E-state index in [0.717, 1.165) is 12.1 Å². The summed E-state index contributed by atoms with van der Waals surface area (Å²) >= 11 is 0. The molecule has 0 aliphatic heterocycles. The highest BCUT2D eigenvalue weighted by molar-refractivity contribution is 5.84. The SMILES string of the molecule is COCCNC(=O)C(C)Nc1cccc(C(F)(F)F)c1. The third-order valence-electron chi connectivity index (χ3n) is 2.57. The number of carbonyl (C=O) groups is 1. The Balaban J connectivity index is 2.62. The average Bonchev–Trinajstić information content (AvgIpc) is 2.38. The number of methoxy groups -OCH3 is 1. The van der Waals surface area contributed by atoms with E-state index in [4.69, 9.17) is 4.74 Å². The molecule has 0 bridgehead atoms. The van der Waals surface area contributed by atoms with E-state index in [2.05, 4.69) is 10.6 Å². The van der Waals surface area contributed by atoms with Crippen LogP contribution >= 0.6 is 0 Å². The molecule has 1 aromatic carbocycles. The number of alkyl halides is 3. The van der Waals surface area contributed by atoms with Gasteiger partial charge in [-0.25, -0.2) is 0 Å². The van der Waals surface area contributed by atoms with Crippen molar-refractivity contribution in [3.63, 3.8) is 0 Å². The number of amides is 1. The van der Waals surface area contributed by atoms with E-state index in [1.54, 1.807) is 6.92 Å². The van der Waals surface area contributed by atoms with Gasteiger partial charge < -0.3 is 15.4 Å². The van der Waals surface area contributed by atoms with Gasteiger partial charge in [0.05, 0.1) is 12.2 Å². The van der Waals surface area contributed by atoms with E-state index < -0.39 is 17.8 Å². The highest BCUT2D eigenvalue weighted by Crippen LogP contribution is 2.30. The first-order chi connectivity index (χ1) is 9.34. The molecule has 0 fully saturated rings. The van der Waals surface area contributed by atoms with E-state index in [0.29, 0.717) is 13.2 Å². The standard InChI is InChI=1S/C13H17F3N2O2/c1-9(12(19)17-6-7-20-2)18-11-5-3-4-10(8-11)13(14,15)16/h3-5,8-9,18H,6-7H2,1-2H3,(H,17,19). The van der Waals surface area contributed by atoms with Crippen molar-refractivity contribution in [2.24, 2.45) is 0 Å². The smallest absolute Gasteiger partial charge is 0.383 e. The van der Waals surface area contributed by atoms with Crippen molar-refractivity contribution in [1.29, 1.82) is 0 Å². The van der Waals surface area contributed by atoms with Crippen LogP contribution in [0.3, 0.4) is 0 Å². The van der Waals surface area contributed by atoms with Crippen molar-refractivity contribution in [2.45, 2.75) is 19.1 Å². The first-order valence-electron chi connectivity index (χ1n) is 6.05. The molecule has 0 spiro atoms. The lowest BCUT2D eigenvalue weighted by molar-refractivity contribution is -0.137. The topological polar surface area (TPSA) is 50.4 Å². The molecule has 20 heavy (non-hydrogen) atoms. The minimum atomic E-state index is -4.40. The fraction of sp³-hybridized carbons (Fsp3) is 0.462. The van der Waals surface area contributed by atoms with Gasteiger partial charge in [-0.3, -0.25) is 4.79 Å². The van der Waals surface area contributed by atoms with Gasteiger partial charge in [-0.05, 0) is 25.1 Å². The maximum Gasteiger partial charge on any atom is 0.416 e. The first kappa shape index (κ1) is 16.3. The van der Waals surface area contributed by atoms with Gasteiger partial charge in [-0.2, -0.15) is 13.2 Å². The van der Waals surface area contributed by atoms with Crippen LogP contribution in [0.1, 0.15) is 12.5 Å². The summed E-state index contributed by atoms with van der Waals surface area (Å²) in [5, 5.41) is 5.33. The van der Waals surface area contributed by atoms with Gasteiger partial charge in [0.2, 0.25) is 5.91 Å². The number of anilines is 1. The fourth-order valence-corrected chi connectivity index (χ4v) is 1.53. The Hall–Kier alpha value is -1.76. The molecule has 112 valence electrons. The molecule has 4 nitrogen and oxygen atoms in total. The lowest BCUT2D eigenvalue weighted by atomic mass is 10.2. The first-order valence-corrected chi connectivity index (χ1v) is 6.05. The maximum absolute atomic E-state index is 12.5. The van der Waals surface area contributed by atoms with Crippen LogP contribution < -0.4 is 10.6 Å². The minimum Gasteiger partial charge on any atom is -0.383 e. The van der Waals surface area contributed by atoms with Crippen molar-refractivity contribution in [3.05, 3.63) is 29.8 Å². The summed E-state index contributed by atoms with van der Waals surface area (Å²) in [5.41, 5.74) is -0.510. The molecule has 1 unspecified atom stereocenters. The van der Waals surface area contributed by atoms with Crippen LogP contribution in [0.5, 0.6) is 0 Å². The Morgan fingerprint density at radius 2 is 2.10 bits per heavy atom. The maximum atomic E-state index is 12.5. The summed E-state index contributed by atoms with van der Waals surface area (Å²) in [7, 11) is 1.51. The number of hydrogen-bond donors (Lipinski definition) is 2. The fourth-order valence-electron chi connectivity index (χ4n) is 1.53. The molecule has 0 aromatic heterocycles. The molecule has 2 N–H and O–H groups in total. The molecule has 0 aliphatic carbocycles. The molecule has 7 heteroatoms. The summed E-state index contributed by atoms with van der Waals surface area (Å²) in [6.07, 6.45) is -4.40. The predicted octanol–water partition coefficient (Wildman–Crippen LogP) is 2.27. The van der Waals surface area contributed by atoms with Crippen molar-refractivity contribution in [3.8, 4) is 0 Å². The lowest BCUT2D eigenvalue weighted by Crippen LogP contribution is -2.39. The lowest BCUT2D eigenvalue weighted by Gasteiger charge is -2.16. The summed E-state index contributed by atoms with van der Waals surface area (Å²) < 4.78 is 42.4. The number of carbonyl (C=O) groups excluding carboxylic acids is 1. The van der Waals surface area contributed by atoms with E-state index in [9.17, 15) is 18.0 Å². The minimum absolute atomic E-state index is 0.245. The number of benzene rings is 1. The highest BCUT2D eigenvalue weighted by Gasteiger charge is 2.30. The molecule has 0 saturated carbocycles. The predicted molar refractivity (Wildman–Crippen MR) is 69.4 cm³/mol. The van der Waals surface area contributed by atoms with E-state index in [1.807, 2.05) is 0 Å². The van der Waals surface area contributed by atoms with Gasteiger partial charge >= 0.3 is 6.18 Å². The monoisotopic (exact) mass is 290 g/mol. The van der Waals surface area contributed by atoms with Gasteiger partial charge in [0, 0.05) is 19.3 Å². The second kappa shape index (κ2) is 7.14. The summed E-state index contributed by atoms with van der Waals surface area (Å²) in [5.74, 6) is -0.306. The zero-order valence-corrected chi connectivity index (χ0v) is 11.3. The van der Waals surface area contributed by atoms with Crippen LogP contribution in [0.4, 0.5) is 18.9 Å². The molecule has 0 saturated heterocycles. The van der Waals surface area contributed by atoms with Crippen molar-refractivity contribution in [1.82, 2.24) is 5.32 Å². The van der Waals surface area contributed by atoms with E-state index in [1.165, 1.54) is 19.2 Å². The number of ether oxygens (including phenoxy) is 1. The van der Waals surface area contributed by atoms with Gasteiger partial charge in [0.25, 0.3) is 0 Å². The summed E-state index contributed by atoms with van der Waals surface area (Å²) in [6, 6.07) is 4.08. The Bertz CT molecular complexity index is 449. The average molecular weight is 290 g/mol. The highest BCUT2D eigenvalue weighted by atomic mass is 19.4. The van der Waals surface area contributed by atoms with E-state index >= 15 is 0 Å². The number of halogens is 3. The molecular weight excluding hydrogens is 273 g/mol. The summed E-state index contributed by atoms with van der Waals surface area (Å²) in [4.78, 5) is 11.7. The largest absolute Gasteiger partial charge is 0.416 e. The quantitative estimate of drug-likeness (QED) is 0.790.